The molecule has 1 atom stereocenters. The smallest absolute Gasteiger partial charge is 0.0331 e. The average molecular weight is 226 g/mol. The molecule has 1 aliphatic rings. The Morgan fingerprint density at radius 2 is 1.69 bits per heavy atom. The summed E-state index contributed by atoms with van der Waals surface area (Å²) < 4.78 is 0. The number of nitrogens with zero attached hydrogens (tertiary/aromatic N) is 1. The number of nitrogens with two attached hydrogens (primary N) is 1. The summed E-state index contributed by atoms with van der Waals surface area (Å²) >= 11 is 0. The highest BCUT2D eigenvalue weighted by molar-refractivity contribution is 4.98. The largest absolute Gasteiger partial charge is 0.329 e. The predicted molar refractivity (Wildman–Crippen MR) is 71.6 cm³/mol. The van der Waals surface area contributed by atoms with Crippen molar-refractivity contribution in [2.45, 2.75) is 71.4 Å². The van der Waals surface area contributed by atoms with E-state index in [9.17, 15) is 0 Å². The molecule has 1 unspecified atom stereocenters. The molecule has 96 valence electrons. The van der Waals surface area contributed by atoms with Crippen LogP contribution in [0.5, 0.6) is 0 Å². The standard InChI is InChI=1S/C14H30N2/c1-6-12(2)16(5)14(11-15)9-7-13(3,4)8-10-14/h12H,6-11,15H2,1-5H3. The summed E-state index contributed by atoms with van der Waals surface area (Å²) in [4.78, 5) is 2.54. The normalized spacial score (nSPS) is 25.7. The highest BCUT2D eigenvalue weighted by atomic mass is 15.2. The highest BCUT2D eigenvalue weighted by Crippen LogP contribution is 2.42. The lowest BCUT2D eigenvalue weighted by molar-refractivity contribution is 0.0164. The maximum atomic E-state index is 6.08. The molecule has 0 bridgehead atoms. The SMILES string of the molecule is CCC(C)N(C)C1(CN)CCC(C)(C)CC1. The molecule has 0 saturated heterocycles. The highest BCUT2D eigenvalue weighted by Gasteiger charge is 2.41. The van der Waals surface area contributed by atoms with Gasteiger partial charge in [-0.05, 0) is 51.5 Å². The first-order valence-electron chi connectivity index (χ1n) is 6.80. The van der Waals surface area contributed by atoms with Gasteiger partial charge < -0.3 is 5.73 Å². The molecular formula is C14H30N2. The monoisotopic (exact) mass is 226 g/mol. The van der Waals surface area contributed by atoms with Gasteiger partial charge in [0.15, 0.2) is 0 Å². The van der Waals surface area contributed by atoms with E-state index < -0.39 is 0 Å². The van der Waals surface area contributed by atoms with E-state index in [0.717, 1.165) is 6.54 Å². The minimum atomic E-state index is 0.269. The molecule has 1 fully saturated rings. The first-order chi connectivity index (χ1) is 7.37. The lowest BCUT2D eigenvalue weighted by Crippen LogP contribution is -2.57. The van der Waals surface area contributed by atoms with E-state index >= 15 is 0 Å². The molecule has 2 nitrogen and oxygen atoms in total. The molecule has 0 amide bonds. The van der Waals surface area contributed by atoms with E-state index in [-0.39, 0.29) is 5.54 Å². The van der Waals surface area contributed by atoms with Crippen LogP contribution >= 0.6 is 0 Å². The average Bonchev–Trinajstić information content (AvgIpc) is 2.28. The number of likely N-dealkylation sites (N-methyl/N-ethyl adjacent to an activating group) is 1. The van der Waals surface area contributed by atoms with Crippen molar-refractivity contribution in [3.63, 3.8) is 0 Å². The predicted octanol–water partition coefficient (Wildman–Crippen LogP) is 3.01. The fourth-order valence-electron chi connectivity index (χ4n) is 2.83. The summed E-state index contributed by atoms with van der Waals surface area (Å²) in [6, 6.07) is 0.643. The Morgan fingerprint density at radius 3 is 2.06 bits per heavy atom. The van der Waals surface area contributed by atoms with Crippen molar-refractivity contribution in [1.29, 1.82) is 0 Å². The Bertz CT molecular complexity index is 213. The van der Waals surface area contributed by atoms with E-state index in [1.54, 1.807) is 0 Å². The van der Waals surface area contributed by atoms with Gasteiger partial charge in [-0.3, -0.25) is 4.90 Å². The maximum Gasteiger partial charge on any atom is 0.0331 e. The Balaban J connectivity index is 2.73. The zero-order chi connectivity index (χ0) is 12.4. The van der Waals surface area contributed by atoms with Gasteiger partial charge in [0.1, 0.15) is 0 Å². The minimum absolute atomic E-state index is 0.269. The van der Waals surface area contributed by atoms with Gasteiger partial charge in [0, 0.05) is 18.1 Å². The van der Waals surface area contributed by atoms with E-state index in [2.05, 4.69) is 39.6 Å². The van der Waals surface area contributed by atoms with Crippen LogP contribution in [0.3, 0.4) is 0 Å². The van der Waals surface area contributed by atoms with Crippen LogP contribution in [0.1, 0.15) is 59.8 Å². The van der Waals surface area contributed by atoms with Crippen molar-refractivity contribution in [1.82, 2.24) is 4.90 Å². The molecule has 0 radical (unpaired) electrons. The maximum absolute atomic E-state index is 6.08. The van der Waals surface area contributed by atoms with E-state index in [0.29, 0.717) is 11.5 Å². The number of rotatable bonds is 4. The van der Waals surface area contributed by atoms with Crippen LogP contribution in [0.2, 0.25) is 0 Å². The molecule has 0 aliphatic heterocycles. The molecule has 0 aromatic carbocycles. The Labute approximate surface area is 102 Å². The van der Waals surface area contributed by atoms with Crippen molar-refractivity contribution in [2.75, 3.05) is 13.6 Å². The summed E-state index contributed by atoms with van der Waals surface area (Å²) in [7, 11) is 2.26. The second-order valence-corrected chi connectivity index (χ2v) is 6.46. The van der Waals surface area contributed by atoms with Gasteiger partial charge in [0.25, 0.3) is 0 Å². The Morgan fingerprint density at radius 1 is 1.19 bits per heavy atom. The number of hydrogen-bond acceptors (Lipinski definition) is 2. The van der Waals surface area contributed by atoms with E-state index in [1.807, 2.05) is 0 Å². The molecule has 1 rings (SSSR count). The molecular weight excluding hydrogens is 196 g/mol. The Kier molecular flexibility index (Phi) is 4.42. The number of hydrogen-bond donors (Lipinski definition) is 1. The van der Waals surface area contributed by atoms with Gasteiger partial charge in [-0.25, -0.2) is 0 Å². The van der Waals surface area contributed by atoms with Crippen LogP contribution in [0.15, 0.2) is 0 Å². The van der Waals surface area contributed by atoms with Gasteiger partial charge >= 0.3 is 0 Å². The van der Waals surface area contributed by atoms with Crippen LogP contribution in [0.4, 0.5) is 0 Å². The molecule has 0 spiro atoms. The van der Waals surface area contributed by atoms with Crippen molar-refractivity contribution in [2.24, 2.45) is 11.1 Å². The zero-order valence-electron chi connectivity index (χ0n) is 11.8. The Hall–Kier alpha value is -0.0800. The molecule has 0 heterocycles. The van der Waals surface area contributed by atoms with Crippen LogP contribution in [0.25, 0.3) is 0 Å². The summed E-state index contributed by atoms with van der Waals surface area (Å²) in [6.07, 6.45) is 6.35. The molecule has 2 heteroatoms. The third kappa shape index (κ3) is 2.78. The molecule has 0 aromatic heterocycles. The molecule has 16 heavy (non-hydrogen) atoms. The van der Waals surface area contributed by atoms with Gasteiger partial charge in [-0.15, -0.1) is 0 Å². The fourth-order valence-corrected chi connectivity index (χ4v) is 2.83. The summed E-state index contributed by atoms with van der Waals surface area (Å²) in [5, 5.41) is 0. The third-order valence-corrected chi connectivity index (χ3v) is 4.91. The molecule has 0 aromatic rings. The van der Waals surface area contributed by atoms with Crippen molar-refractivity contribution < 1.29 is 0 Å². The molecule has 1 aliphatic carbocycles. The van der Waals surface area contributed by atoms with Gasteiger partial charge in [-0.1, -0.05) is 20.8 Å². The third-order valence-electron chi connectivity index (χ3n) is 4.91. The van der Waals surface area contributed by atoms with E-state index in [1.165, 1.54) is 32.1 Å². The molecule has 1 saturated carbocycles. The summed E-state index contributed by atoms with van der Waals surface area (Å²) in [5.74, 6) is 0. The topological polar surface area (TPSA) is 29.3 Å². The van der Waals surface area contributed by atoms with Gasteiger partial charge in [-0.2, -0.15) is 0 Å². The quantitative estimate of drug-likeness (QED) is 0.798. The van der Waals surface area contributed by atoms with Crippen LogP contribution in [-0.4, -0.2) is 30.1 Å². The minimum Gasteiger partial charge on any atom is -0.329 e. The van der Waals surface area contributed by atoms with Crippen molar-refractivity contribution in [3.05, 3.63) is 0 Å². The van der Waals surface area contributed by atoms with Crippen LogP contribution in [-0.2, 0) is 0 Å². The second-order valence-electron chi connectivity index (χ2n) is 6.46. The first-order valence-corrected chi connectivity index (χ1v) is 6.80. The van der Waals surface area contributed by atoms with Crippen LogP contribution in [0, 0.1) is 5.41 Å². The second kappa shape index (κ2) is 5.05. The lowest BCUT2D eigenvalue weighted by Gasteiger charge is -2.50. The summed E-state index contributed by atoms with van der Waals surface area (Å²) in [5.41, 5.74) is 6.87. The summed E-state index contributed by atoms with van der Waals surface area (Å²) in [6.45, 7) is 10.2. The van der Waals surface area contributed by atoms with Crippen molar-refractivity contribution in [3.8, 4) is 0 Å². The first kappa shape index (κ1) is 14.0. The van der Waals surface area contributed by atoms with Gasteiger partial charge in [0.2, 0.25) is 0 Å². The van der Waals surface area contributed by atoms with Gasteiger partial charge in [0.05, 0.1) is 0 Å². The van der Waals surface area contributed by atoms with E-state index in [4.69, 9.17) is 5.73 Å². The zero-order valence-corrected chi connectivity index (χ0v) is 11.8. The lowest BCUT2D eigenvalue weighted by atomic mass is 9.68. The molecule has 2 N–H and O–H groups in total. The van der Waals surface area contributed by atoms with Crippen LogP contribution < -0.4 is 5.73 Å². The van der Waals surface area contributed by atoms with Crippen molar-refractivity contribution >= 4 is 0 Å². The fraction of sp³-hybridized carbons (Fsp3) is 1.00.